The number of aromatic nitrogens is 5. The normalized spacial score (nSPS) is 14.1. The molecule has 0 radical (unpaired) electrons. The Morgan fingerprint density at radius 1 is 1.00 bits per heavy atom. The van der Waals surface area contributed by atoms with Crippen molar-refractivity contribution >= 4 is 16.6 Å². The smallest absolute Gasteiger partial charge is 0.254 e. The number of H-pyrrole nitrogens is 1. The molecule has 1 atom stereocenters. The van der Waals surface area contributed by atoms with E-state index in [1.54, 1.807) is 0 Å². The summed E-state index contributed by atoms with van der Waals surface area (Å²) in [6.07, 6.45) is 2.01. The fourth-order valence-electron chi connectivity index (χ4n) is 5.46. The van der Waals surface area contributed by atoms with Gasteiger partial charge in [-0.15, -0.1) is 5.10 Å². The van der Waals surface area contributed by atoms with Crippen LogP contribution in [-0.4, -0.2) is 31.7 Å². The van der Waals surface area contributed by atoms with Crippen LogP contribution in [0.1, 0.15) is 46.1 Å². The van der Waals surface area contributed by atoms with E-state index in [9.17, 15) is 4.79 Å². The lowest BCUT2D eigenvalue weighted by Gasteiger charge is -2.37. The topological polar surface area (TPSA) is 79.7 Å². The predicted octanol–water partition coefficient (Wildman–Crippen LogP) is 4.72. The van der Waals surface area contributed by atoms with E-state index >= 15 is 0 Å². The second-order valence-electron chi connectivity index (χ2n) is 9.61. The molecule has 0 saturated carbocycles. The molecule has 3 aromatic carbocycles. The molecule has 1 aliphatic rings. The van der Waals surface area contributed by atoms with Crippen LogP contribution in [-0.2, 0) is 13.0 Å². The third-order valence-electron chi connectivity index (χ3n) is 7.05. The van der Waals surface area contributed by atoms with Crippen LogP contribution in [0.5, 0.6) is 0 Å². The highest BCUT2D eigenvalue weighted by atomic mass is 16.1. The number of aryl methyl sites for hydroxylation is 3. The Bertz CT molecular complexity index is 1600. The summed E-state index contributed by atoms with van der Waals surface area (Å²) >= 11 is 0. The van der Waals surface area contributed by atoms with E-state index in [-0.39, 0.29) is 5.56 Å². The lowest BCUT2D eigenvalue weighted by atomic mass is 9.95. The Kier molecular flexibility index (Phi) is 5.60. The van der Waals surface area contributed by atoms with E-state index in [2.05, 4.69) is 80.9 Å². The monoisotopic (exact) mass is 476 g/mol. The molecular weight excluding hydrogens is 448 g/mol. The molecular formula is C29H28N6O. The van der Waals surface area contributed by atoms with Crippen molar-refractivity contribution in [3.05, 3.63) is 117 Å². The van der Waals surface area contributed by atoms with Gasteiger partial charge in [-0.3, -0.25) is 4.79 Å². The second-order valence-corrected chi connectivity index (χ2v) is 9.61. The molecule has 5 aromatic rings. The van der Waals surface area contributed by atoms with E-state index < -0.39 is 6.04 Å². The first-order valence-electron chi connectivity index (χ1n) is 12.4. The first-order valence-corrected chi connectivity index (χ1v) is 12.4. The third kappa shape index (κ3) is 3.96. The fourth-order valence-corrected chi connectivity index (χ4v) is 5.46. The highest BCUT2D eigenvalue weighted by molar-refractivity contribution is 5.83. The summed E-state index contributed by atoms with van der Waals surface area (Å²) in [4.78, 5) is 19.1. The van der Waals surface area contributed by atoms with E-state index in [0.717, 1.165) is 52.7 Å². The lowest BCUT2D eigenvalue weighted by molar-refractivity contribution is 0.555. The number of pyridine rings is 1. The van der Waals surface area contributed by atoms with Gasteiger partial charge in [0.15, 0.2) is 5.82 Å². The summed E-state index contributed by atoms with van der Waals surface area (Å²) in [5.74, 6) is 0.657. The maximum Gasteiger partial charge on any atom is 0.254 e. The molecule has 6 rings (SSSR count). The van der Waals surface area contributed by atoms with Crippen molar-refractivity contribution in [2.45, 2.75) is 39.3 Å². The fraction of sp³-hybridized carbons (Fsp3) is 0.241. The largest absolute Gasteiger partial charge is 0.357 e. The van der Waals surface area contributed by atoms with E-state index in [0.29, 0.717) is 17.9 Å². The van der Waals surface area contributed by atoms with Crippen LogP contribution in [0.25, 0.3) is 10.9 Å². The van der Waals surface area contributed by atoms with E-state index in [1.807, 2.05) is 35.9 Å². The van der Waals surface area contributed by atoms with Gasteiger partial charge in [-0.1, -0.05) is 60.2 Å². The summed E-state index contributed by atoms with van der Waals surface area (Å²) in [5, 5.41) is 13.9. The summed E-state index contributed by atoms with van der Waals surface area (Å²) in [6, 6.07) is 24.4. The molecule has 0 bridgehead atoms. The van der Waals surface area contributed by atoms with Crippen molar-refractivity contribution in [3.8, 4) is 0 Å². The van der Waals surface area contributed by atoms with E-state index in [4.69, 9.17) is 0 Å². The van der Waals surface area contributed by atoms with Crippen LogP contribution in [0, 0.1) is 13.8 Å². The minimum absolute atomic E-state index is 0.114. The Morgan fingerprint density at radius 3 is 2.67 bits per heavy atom. The number of nitrogens with one attached hydrogen (secondary N) is 1. The molecule has 0 saturated heterocycles. The van der Waals surface area contributed by atoms with Gasteiger partial charge in [0.25, 0.3) is 5.56 Å². The van der Waals surface area contributed by atoms with Crippen molar-refractivity contribution in [2.75, 3.05) is 11.4 Å². The number of anilines is 1. The average molecular weight is 477 g/mol. The standard InChI is InChI=1S/C29H28N6O/c1-19-15-20(2)26-23(16-19)17-24(29(36)30-26)27(34-14-8-12-22-11-6-7-13-25(22)34)28-31-32-33-35(28)18-21-9-4-3-5-10-21/h3-7,9-11,13,15-17,27H,8,12,14,18H2,1-2H3,(H,30,36). The third-order valence-corrected chi connectivity index (χ3v) is 7.05. The number of hydrogen-bond donors (Lipinski definition) is 1. The molecule has 7 nitrogen and oxygen atoms in total. The number of rotatable bonds is 5. The Balaban J connectivity index is 1.56. The molecule has 0 amide bonds. The summed E-state index contributed by atoms with van der Waals surface area (Å²) < 4.78 is 1.82. The first kappa shape index (κ1) is 22.2. The maximum absolute atomic E-state index is 13.7. The van der Waals surface area contributed by atoms with Crippen molar-refractivity contribution in [1.29, 1.82) is 0 Å². The number of aromatic amines is 1. The van der Waals surface area contributed by atoms with Gasteiger partial charge in [0, 0.05) is 17.8 Å². The van der Waals surface area contributed by atoms with Gasteiger partial charge in [-0.25, -0.2) is 4.68 Å². The molecule has 0 spiro atoms. The minimum atomic E-state index is -0.431. The quantitative estimate of drug-likeness (QED) is 0.397. The van der Waals surface area contributed by atoms with Crippen LogP contribution in [0.15, 0.2) is 77.6 Å². The molecule has 0 aliphatic carbocycles. The van der Waals surface area contributed by atoms with Crippen molar-refractivity contribution in [3.63, 3.8) is 0 Å². The zero-order valence-corrected chi connectivity index (χ0v) is 20.5. The minimum Gasteiger partial charge on any atom is -0.357 e. The number of para-hydroxylation sites is 1. The predicted molar refractivity (Wildman–Crippen MR) is 141 cm³/mol. The number of benzene rings is 3. The van der Waals surface area contributed by atoms with Crippen LogP contribution in [0.4, 0.5) is 5.69 Å². The van der Waals surface area contributed by atoms with Gasteiger partial charge in [-0.2, -0.15) is 0 Å². The zero-order chi connectivity index (χ0) is 24.6. The van der Waals surface area contributed by atoms with Gasteiger partial charge in [-0.05, 0) is 77.4 Å². The molecule has 1 N–H and O–H groups in total. The summed E-state index contributed by atoms with van der Waals surface area (Å²) in [6.45, 7) is 5.45. The van der Waals surface area contributed by atoms with Gasteiger partial charge >= 0.3 is 0 Å². The SMILES string of the molecule is Cc1cc(C)c2[nH]c(=O)c(C(c3nnnn3Cc3ccccc3)N3CCCc4ccccc43)cc2c1. The molecule has 36 heavy (non-hydrogen) atoms. The van der Waals surface area contributed by atoms with Crippen LogP contribution in [0.3, 0.4) is 0 Å². The highest BCUT2D eigenvalue weighted by Gasteiger charge is 2.33. The number of nitrogens with zero attached hydrogens (tertiary/aromatic N) is 5. The van der Waals surface area contributed by atoms with Gasteiger partial charge in [0.05, 0.1) is 12.1 Å². The van der Waals surface area contributed by atoms with Crippen LogP contribution in [0.2, 0.25) is 0 Å². The molecule has 1 aliphatic heterocycles. The first-order chi connectivity index (χ1) is 17.6. The van der Waals surface area contributed by atoms with Crippen molar-refractivity contribution in [1.82, 2.24) is 25.2 Å². The summed E-state index contributed by atoms with van der Waals surface area (Å²) in [7, 11) is 0. The highest BCUT2D eigenvalue weighted by Crippen LogP contribution is 2.37. The van der Waals surface area contributed by atoms with Crippen LogP contribution >= 0.6 is 0 Å². The maximum atomic E-state index is 13.7. The number of tetrazole rings is 1. The van der Waals surface area contributed by atoms with Gasteiger partial charge in [0.2, 0.25) is 0 Å². The average Bonchev–Trinajstić information content (AvgIpc) is 3.33. The van der Waals surface area contributed by atoms with Crippen molar-refractivity contribution < 1.29 is 0 Å². The molecule has 180 valence electrons. The molecule has 7 heteroatoms. The molecule has 1 unspecified atom stereocenters. The molecule has 2 aromatic heterocycles. The van der Waals surface area contributed by atoms with Crippen molar-refractivity contribution in [2.24, 2.45) is 0 Å². The lowest BCUT2D eigenvalue weighted by Crippen LogP contribution is -2.38. The van der Waals surface area contributed by atoms with Gasteiger partial charge in [0.1, 0.15) is 6.04 Å². The number of fused-ring (bicyclic) bond motifs is 2. The zero-order valence-electron chi connectivity index (χ0n) is 20.5. The Labute approximate surface area is 209 Å². The van der Waals surface area contributed by atoms with Crippen LogP contribution < -0.4 is 10.5 Å². The molecule has 3 heterocycles. The summed E-state index contributed by atoms with van der Waals surface area (Å²) in [5.41, 5.74) is 7.13. The van der Waals surface area contributed by atoms with E-state index in [1.165, 1.54) is 5.56 Å². The van der Waals surface area contributed by atoms with Gasteiger partial charge < -0.3 is 9.88 Å². The second kappa shape index (κ2) is 9.07. The Hall–Kier alpha value is -4.26. The Morgan fingerprint density at radius 2 is 1.81 bits per heavy atom. The molecule has 0 fully saturated rings. The number of hydrogen-bond acceptors (Lipinski definition) is 5.